The van der Waals surface area contributed by atoms with Crippen LogP contribution >= 0.6 is 0 Å². The number of carbonyl (C=O) groups excluding carboxylic acids is 2. The SMILES string of the molecule is CCOC(=O)C(C)CCn1c(=O)n(C)c(=O)c2c1ncn2COC(=O)C(C)(C)C. The fourth-order valence-corrected chi connectivity index (χ4v) is 2.67. The first-order valence-electron chi connectivity index (χ1n) is 9.47. The van der Waals surface area contributed by atoms with Gasteiger partial charge in [0.2, 0.25) is 0 Å². The normalized spacial score (nSPS) is 12.8. The van der Waals surface area contributed by atoms with Crippen LogP contribution in [0.25, 0.3) is 11.2 Å². The van der Waals surface area contributed by atoms with E-state index in [9.17, 15) is 19.2 Å². The summed E-state index contributed by atoms with van der Waals surface area (Å²) in [6.07, 6.45) is 1.70. The van der Waals surface area contributed by atoms with Crippen molar-refractivity contribution in [2.75, 3.05) is 6.61 Å². The van der Waals surface area contributed by atoms with Crippen LogP contribution in [0, 0.1) is 11.3 Å². The van der Waals surface area contributed by atoms with Crippen LogP contribution in [0.3, 0.4) is 0 Å². The van der Waals surface area contributed by atoms with E-state index in [0.29, 0.717) is 6.42 Å². The number of aromatic nitrogens is 4. The summed E-state index contributed by atoms with van der Waals surface area (Å²) in [6.45, 7) is 8.89. The minimum Gasteiger partial charge on any atom is -0.466 e. The van der Waals surface area contributed by atoms with Crippen LogP contribution in [0.2, 0.25) is 0 Å². The molecule has 0 saturated carbocycles. The van der Waals surface area contributed by atoms with E-state index in [2.05, 4.69) is 4.98 Å². The van der Waals surface area contributed by atoms with E-state index in [1.807, 2.05) is 0 Å². The topological polar surface area (TPSA) is 114 Å². The van der Waals surface area contributed by atoms with Gasteiger partial charge in [0.1, 0.15) is 6.33 Å². The molecular weight excluding hydrogens is 380 g/mol. The van der Waals surface area contributed by atoms with E-state index in [1.165, 1.54) is 22.5 Å². The Kier molecular flexibility index (Phi) is 6.66. The predicted molar refractivity (Wildman–Crippen MR) is 105 cm³/mol. The predicted octanol–water partition coefficient (Wildman–Crippen LogP) is 1.03. The number of hydrogen-bond acceptors (Lipinski definition) is 7. The second-order valence-electron chi connectivity index (χ2n) is 7.94. The number of fused-ring (bicyclic) bond motifs is 1. The second-order valence-corrected chi connectivity index (χ2v) is 7.94. The van der Waals surface area contributed by atoms with E-state index < -0.39 is 28.6 Å². The lowest BCUT2D eigenvalue weighted by atomic mass is 9.98. The molecule has 29 heavy (non-hydrogen) atoms. The average Bonchev–Trinajstić information content (AvgIpc) is 3.07. The molecule has 2 aromatic rings. The zero-order valence-electron chi connectivity index (χ0n) is 17.7. The number of ether oxygens (including phenoxy) is 2. The molecule has 1 unspecified atom stereocenters. The monoisotopic (exact) mass is 408 g/mol. The molecule has 1 atom stereocenters. The maximum Gasteiger partial charge on any atom is 0.332 e. The molecule has 0 bridgehead atoms. The van der Waals surface area contributed by atoms with Gasteiger partial charge in [0.15, 0.2) is 17.9 Å². The maximum absolute atomic E-state index is 12.6. The maximum atomic E-state index is 12.6. The molecule has 0 saturated heterocycles. The fourth-order valence-electron chi connectivity index (χ4n) is 2.67. The van der Waals surface area contributed by atoms with Crippen LogP contribution in [0.1, 0.15) is 41.0 Å². The van der Waals surface area contributed by atoms with Crippen LogP contribution < -0.4 is 11.2 Å². The number of hydrogen-bond donors (Lipinski definition) is 0. The Labute approximate surface area is 168 Å². The Morgan fingerprint density at radius 1 is 1.21 bits per heavy atom. The smallest absolute Gasteiger partial charge is 0.332 e. The van der Waals surface area contributed by atoms with E-state index in [4.69, 9.17) is 9.47 Å². The van der Waals surface area contributed by atoms with Gasteiger partial charge in [0.05, 0.1) is 17.9 Å². The quantitative estimate of drug-likeness (QED) is 0.629. The highest BCUT2D eigenvalue weighted by molar-refractivity contribution is 5.75. The molecule has 0 N–H and O–H groups in total. The molecule has 0 fully saturated rings. The van der Waals surface area contributed by atoms with Crippen molar-refractivity contribution in [1.29, 1.82) is 0 Å². The van der Waals surface area contributed by atoms with Gasteiger partial charge in [-0.3, -0.25) is 28.1 Å². The molecule has 0 aromatic carbocycles. The van der Waals surface area contributed by atoms with Crippen molar-refractivity contribution >= 4 is 23.1 Å². The highest BCUT2D eigenvalue weighted by atomic mass is 16.5. The van der Waals surface area contributed by atoms with Crippen molar-refractivity contribution in [3.05, 3.63) is 27.2 Å². The van der Waals surface area contributed by atoms with Gasteiger partial charge in [0.25, 0.3) is 5.56 Å². The summed E-state index contributed by atoms with van der Waals surface area (Å²) in [5.41, 5.74) is -1.43. The third-order valence-electron chi connectivity index (χ3n) is 4.52. The number of imidazole rings is 1. The minimum absolute atomic E-state index is 0.151. The highest BCUT2D eigenvalue weighted by Crippen LogP contribution is 2.16. The lowest BCUT2D eigenvalue weighted by Gasteiger charge is -2.17. The first-order chi connectivity index (χ1) is 13.5. The summed E-state index contributed by atoms with van der Waals surface area (Å²) in [5, 5.41) is 0. The summed E-state index contributed by atoms with van der Waals surface area (Å²) in [5.74, 6) is -1.18. The number of rotatable bonds is 7. The summed E-state index contributed by atoms with van der Waals surface area (Å²) in [6, 6.07) is 0. The zero-order chi connectivity index (χ0) is 21.9. The van der Waals surface area contributed by atoms with Gasteiger partial charge in [-0.2, -0.15) is 0 Å². The molecule has 2 aromatic heterocycles. The third kappa shape index (κ3) is 4.75. The number of esters is 2. The average molecular weight is 408 g/mol. The van der Waals surface area contributed by atoms with Crippen LogP contribution in [0.4, 0.5) is 0 Å². The van der Waals surface area contributed by atoms with Crippen molar-refractivity contribution in [2.24, 2.45) is 18.4 Å². The molecule has 10 heteroatoms. The Hall–Kier alpha value is -2.91. The van der Waals surface area contributed by atoms with E-state index >= 15 is 0 Å². The number of nitrogens with zero attached hydrogens (tertiary/aromatic N) is 4. The Morgan fingerprint density at radius 2 is 1.86 bits per heavy atom. The molecule has 2 rings (SSSR count). The molecule has 0 spiro atoms. The van der Waals surface area contributed by atoms with Crippen LogP contribution in [-0.4, -0.2) is 37.2 Å². The molecule has 0 radical (unpaired) electrons. The van der Waals surface area contributed by atoms with Crippen LogP contribution in [0.15, 0.2) is 15.9 Å². The molecular formula is C19H28N4O6. The number of aryl methyl sites for hydroxylation is 1. The van der Waals surface area contributed by atoms with Crippen LogP contribution in [-0.2, 0) is 39.4 Å². The van der Waals surface area contributed by atoms with Gasteiger partial charge in [-0.25, -0.2) is 9.78 Å². The van der Waals surface area contributed by atoms with Gasteiger partial charge in [-0.15, -0.1) is 0 Å². The van der Waals surface area contributed by atoms with Crippen molar-refractivity contribution in [1.82, 2.24) is 18.7 Å². The molecule has 10 nitrogen and oxygen atoms in total. The highest BCUT2D eigenvalue weighted by Gasteiger charge is 2.24. The Morgan fingerprint density at radius 3 is 2.45 bits per heavy atom. The summed E-state index contributed by atoms with van der Waals surface area (Å²) < 4.78 is 14.0. The zero-order valence-corrected chi connectivity index (χ0v) is 17.7. The van der Waals surface area contributed by atoms with Crippen molar-refractivity contribution in [3.8, 4) is 0 Å². The first-order valence-corrected chi connectivity index (χ1v) is 9.47. The van der Waals surface area contributed by atoms with Gasteiger partial charge in [-0.1, -0.05) is 6.92 Å². The molecule has 0 aliphatic rings. The van der Waals surface area contributed by atoms with Crippen molar-refractivity contribution in [2.45, 2.75) is 54.3 Å². The molecule has 160 valence electrons. The van der Waals surface area contributed by atoms with E-state index in [-0.39, 0.29) is 37.0 Å². The summed E-state index contributed by atoms with van der Waals surface area (Å²) >= 11 is 0. The van der Waals surface area contributed by atoms with Gasteiger partial charge < -0.3 is 9.47 Å². The van der Waals surface area contributed by atoms with Gasteiger partial charge >= 0.3 is 17.6 Å². The van der Waals surface area contributed by atoms with E-state index in [0.717, 1.165) is 4.57 Å². The molecule has 0 amide bonds. The van der Waals surface area contributed by atoms with Crippen molar-refractivity contribution in [3.63, 3.8) is 0 Å². The fraction of sp³-hybridized carbons (Fsp3) is 0.632. The summed E-state index contributed by atoms with van der Waals surface area (Å²) in [4.78, 5) is 53.3. The van der Waals surface area contributed by atoms with E-state index in [1.54, 1.807) is 34.6 Å². The number of carbonyl (C=O) groups is 2. The standard InChI is InChI=1S/C19H28N4O6/c1-7-28-16(25)12(2)8-9-23-14-13(15(24)21(6)18(23)27)22(10-20-14)11-29-17(26)19(3,4)5/h10,12H,7-9,11H2,1-6H3. The van der Waals surface area contributed by atoms with Crippen molar-refractivity contribution < 1.29 is 19.1 Å². The van der Waals surface area contributed by atoms with Gasteiger partial charge in [0, 0.05) is 13.6 Å². The summed E-state index contributed by atoms with van der Waals surface area (Å²) in [7, 11) is 1.37. The third-order valence-corrected chi connectivity index (χ3v) is 4.52. The molecule has 0 aliphatic carbocycles. The Balaban J connectivity index is 2.37. The second kappa shape index (κ2) is 8.62. The van der Waals surface area contributed by atoms with Crippen LogP contribution in [0.5, 0.6) is 0 Å². The lowest BCUT2D eigenvalue weighted by Crippen LogP contribution is -2.39. The van der Waals surface area contributed by atoms with Gasteiger partial charge in [-0.05, 0) is 34.1 Å². The first kappa shape index (κ1) is 22.4. The Bertz CT molecular complexity index is 1020. The minimum atomic E-state index is -0.688. The molecule has 2 heterocycles. The molecule has 0 aliphatic heterocycles. The lowest BCUT2D eigenvalue weighted by molar-refractivity contribution is -0.156. The largest absolute Gasteiger partial charge is 0.466 e.